The molecular weight excluding hydrogens is 393 g/mol. The number of carbonyl (C=O) groups is 1. The van der Waals surface area contributed by atoms with Crippen molar-refractivity contribution in [3.63, 3.8) is 0 Å². The van der Waals surface area contributed by atoms with Gasteiger partial charge in [0, 0.05) is 17.7 Å². The Morgan fingerprint density at radius 1 is 1.07 bits per heavy atom. The molecular formula is C22H22FNO2S2. The Labute approximate surface area is 174 Å². The summed E-state index contributed by atoms with van der Waals surface area (Å²) in [7, 11) is 0. The highest BCUT2D eigenvalue weighted by molar-refractivity contribution is 8.26. The maximum Gasteiger partial charge on any atom is 0.266 e. The summed E-state index contributed by atoms with van der Waals surface area (Å²) < 4.78 is 19.5. The summed E-state index contributed by atoms with van der Waals surface area (Å²) in [6.07, 6.45) is 11.4. The quantitative estimate of drug-likeness (QED) is 0.429. The van der Waals surface area contributed by atoms with Crippen LogP contribution in [-0.4, -0.2) is 21.2 Å². The highest BCUT2D eigenvalue weighted by Gasteiger charge is 2.37. The van der Waals surface area contributed by atoms with Gasteiger partial charge in [0.15, 0.2) is 0 Å². The average molecular weight is 416 g/mol. The third kappa shape index (κ3) is 4.08. The van der Waals surface area contributed by atoms with Crippen LogP contribution in [0.4, 0.5) is 4.39 Å². The molecule has 0 bridgehead atoms. The van der Waals surface area contributed by atoms with Gasteiger partial charge < -0.3 is 4.42 Å². The van der Waals surface area contributed by atoms with E-state index in [9.17, 15) is 9.18 Å². The van der Waals surface area contributed by atoms with Crippen LogP contribution in [-0.2, 0) is 4.79 Å². The van der Waals surface area contributed by atoms with E-state index in [1.54, 1.807) is 24.5 Å². The molecule has 1 aromatic carbocycles. The largest absolute Gasteiger partial charge is 0.464 e. The number of carbonyl (C=O) groups excluding carboxylic acids is 1. The van der Waals surface area contributed by atoms with Crippen LogP contribution < -0.4 is 0 Å². The molecule has 2 heterocycles. The van der Waals surface area contributed by atoms with Gasteiger partial charge in [-0.1, -0.05) is 68.2 Å². The number of hydrogen-bond acceptors (Lipinski definition) is 4. The van der Waals surface area contributed by atoms with Gasteiger partial charge in [-0.05, 0) is 36.6 Å². The lowest BCUT2D eigenvalue weighted by atomic mass is 9.96. The fraction of sp³-hybridized carbons (Fsp3) is 0.364. The lowest BCUT2D eigenvalue weighted by Crippen LogP contribution is -2.39. The number of amides is 1. The Morgan fingerprint density at radius 2 is 1.75 bits per heavy atom. The summed E-state index contributed by atoms with van der Waals surface area (Å²) in [5, 5.41) is 0. The molecule has 4 rings (SSSR count). The van der Waals surface area contributed by atoms with Gasteiger partial charge in [-0.25, -0.2) is 4.39 Å². The first-order valence-electron chi connectivity index (χ1n) is 9.74. The monoisotopic (exact) mass is 415 g/mol. The standard InChI is InChI=1S/C22H22FNO2S2/c23-16-10-8-15(9-11-16)18-12-13-26-19(18)14-20-21(25)24(22(27)28-20)17-6-4-2-1-3-5-7-17/h8-14,17H,1-7H2/b20-14-. The molecule has 0 N–H and O–H groups in total. The van der Waals surface area contributed by atoms with E-state index in [0.717, 1.165) is 36.8 Å². The zero-order chi connectivity index (χ0) is 19.5. The number of thiocarbonyl (C=S) groups is 1. The summed E-state index contributed by atoms with van der Waals surface area (Å²) >= 11 is 6.89. The number of thioether (sulfide) groups is 1. The Kier molecular flexibility index (Phi) is 5.97. The summed E-state index contributed by atoms with van der Waals surface area (Å²) in [5.41, 5.74) is 1.67. The van der Waals surface area contributed by atoms with Crippen molar-refractivity contribution in [1.82, 2.24) is 4.90 Å². The summed E-state index contributed by atoms with van der Waals surface area (Å²) in [5.74, 6) is 0.278. The van der Waals surface area contributed by atoms with Crippen LogP contribution in [0.5, 0.6) is 0 Å². The second-order valence-corrected chi connectivity index (χ2v) is 8.93. The third-order valence-electron chi connectivity index (χ3n) is 5.38. The van der Waals surface area contributed by atoms with E-state index in [2.05, 4.69) is 0 Å². The summed E-state index contributed by atoms with van der Waals surface area (Å²) in [6.45, 7) is 0. The van der Waals surface area contributed by atoms with Crippen LogP contribution >= 0.6 is 24.0 Å². The molecule has 0 radical (unpaired) electrons. The first-order valence-corrected chi connectivity index (χ1v) is 11.0. The fourth-order valence-electron chi connectivity index (χ4n) is 3.91. The van der Waals surface area contributed by atoms with Crippen molar-refractivity contribution in [3.8, 4) is 11.1 Å². The maximum atomic E-state index is 13.2. The Morgan fingerprint density at radius 3 is 2.46 bits per heavy atom. The van der Waals surface area contributed by atoms with Gasteiger partial charge in [0.2, 0.25) is 0 Å². The fourth-order valence-corrected chi connectivity index (χ4v) is 5.28. The van der Waals surface area contributed by atoms with Gasteiger partial charge in [0.05, 0.1) is 11.2 Å². The van der Waals surface area contributed by atoms with Crippen LogP contribution in [0, 0.1) is 5.82 Å². The number of furan rings is 1. The second kappa shape index (κ2) is 8.62. The molecule has 1 saturated carbocycles. The van der Waals surface area contributed by atoms with Gasteiger partial charge in [0.25, 0.3) is 5.91 Å². The SMILES string of the molecule is O=C1/C(=C/c2occc2-c2ccc(F)cc2)SC(=S)N1C1CCCCCCC1. The highest BCUT2D eigenvalue weighted by Crippen LogP contribution is 2.38. The number of rotatable bonds is 3. The van der Waals surface area contributed by atoms with Crippen molar-refractivity contribution in [2.24, 2.45) is 0 Å². The van der Waals surface area contributed by atoms with Gasteiger partial charge >= 0.3 is 0 Å². The van der Waals surface area contributed by atoms with E-state index in [0.29, 0.717) is 15.0 Å². The summed E-state index contributed by atoms with van der Waals surface area (Å²) in [4.78, 5) is 15.5. The Hall–Kier alpha value is -1.92. The molecule has 2 aliphatic rings. The minimum Gasteiger partial charge on any atom is -0.464 e. The number of halogens is 1. The van der Waals surface area contributed by atoms with Crippen molar-refractivity contribution < 1.29 is 13.6 Å². The smallest absolute Gasteiger partial charge is 0.266 e. The second-order valence-electron chi connectivity index (χ2n) is 7.26. The average Bonchev–Trinajstić information content (AvgIpc) is 3.21. The molecule has 1 aromatic heterocycles. The molecule has 28 heavy (non-hydrogen) atoms. The number of nitrogens with zero attached hydrogens (tertiary/aromatic N) is 1. The van der Waals surface area contributed by atoms with Crippen molar-refractivity contribution in [2.75, 3.05) is 0 Å². The lowest BCUT2D eigenvalue weighted by molar-refractivity contribution is -0.123. The molecule has 1 aliphatic carbocycles. The molecule has 0 unspecified atom stereocenters. The zero-order valence-corrected chi connectivity index (χ0v) is 17.2. The van der Waals surface area contributed by atoms with E-state index < -0.39 is 0 Å². The van der Waals surface area contributed by atoms with Crippen molar-refractivity contribution in [1.29, 1.82) is 0 Å². The van der Waals surface area contributed by atoms with Crippen LogP contribution in [0.15, 0.2) is 45.9 Å². The van der Waals surface area contributed by atoms with E-state index in [1.807, 2.05) is 11.0 Å². The molecule has 1 amide bonds. The molecule has 146 valence electrons. The highest BCUT2D eigenvalue weighted by atomic mass is 32.2. The Balaban J connectivity index is 1.58. The summed E-state index contributed by atoms with van der Waals surface area (Å²) in [6, 6.07) is 8.27. The first kappa shape index (κ1) is 19.4. The van der Waals surface area contributed by atoms with E-state index in [-0.39, 0.29) is 17.8 Å². The third-order valence-corrected chi connectivity index (χ3v) is 6.71. The lowest BCUT2D eigenvalue weighted by Gasteiger charge is -2.28. The van der Waals surface area contributed by atoms with Gasteiger partial charge in [-0.3, -0.25) is 9.69 Å². The predicted molar refractivity (Wildman–Crippen MR) is 115 cm³/mol. The molecule has 3 nitrogen and oxygen atoms in total. The van der Waals surface area contributed by atoms with E-state index in [1.165, 1.54) is 43.2 Å². The van der Waals surface area contributed by atoms with Crippen LogP contribution in [0.3, 0.4) is 0 Å². The van der Waals surface area contributed by atoms with E-state index >= 15 is 0 Å². The van der Waals surface area contributed by atoms with Gasteiger partial charge in [-0.2, -0.15) is 0 Å². The molecule has 6 heteroatoms. The number of benzene rings is 1. The van der Waals surface area contributed by atoms with Gasteiger partial charge in [0.1, 0.15) is 15.9 Å². The minimum atomic E-state index is -0.283. The van der Waals surface area contributed by atoms with Crippen molar-refractivity contribution >= 4 is 40.3 Å². The van der Waals surface area contributed by atoms with Crippen LogP contribution in [0.1, 0.15) is 50.7 Å². The Bertz CT molecular complexity index is 896. The molecule has 1 saturated heterocycles. The van der Waals surface area contributed by atoms with Crippen molar-refractivity contribution in [3.05, 3.63) is 53.1 Å². The van der Waals surface area contributed by atoms with E-state index in [4.69, 9.17) is 16.6 Å². The molecule has 2 fully saturated rings. The van der Waals surface area contributed by atoms with Crippen molar-refractivity contribution in [2.45, 2.75) is 51.0 Å². The van der Waals surface area contributed by atoms with Gasteiger partial charge in [-0.15, -0.1) is 0 Å². The topological polar surface area (TPSA) is 33.5 Å². The normalized spacial score (nSPS) is 20.6. The molecule has 0 spiro atoms. The molecule has 2 aromatic rings. The van der Waals surface area contributed by atoms with Crippen LogP contribution in [0.25, 0.3) is 17.2 Å². The van der Waals surface area contributed by atoms with Crippen LogP contribution in [0.2, 0.25) is 0 Å². The predicted octanol–water partition coefficient (Wildman–Crippen LogP) is 6.40. The molecule has 0 atom stereocenters. The minimum absolute atomic E-state index is 0.0259. The maximum absolute atomic E-state index is 13.2. The molecule has 1 aliphatic heterocycles. The number of hydrogen-bond donors (Lipinski definition) is 0. The zero-order valence-electron chi connectivity index (χ0n) is 15.5. The first-order chi connectivity index (χ1) is 13.6.